The molecule has 0 amide bonds. The van der Waals surface area contributed by atoms with E-state index in [-0.39, 0.29) is 18.2 Å². The van der Waals surface area contributed by atoms with Gasteiger partial charge in [-0.05, 0) is 0 Å². The van der Waals surface area contributed by atoms with E-state index in [0.717, 1.165) is 6.54 Å². The first-order valence-corrected chi connectivity index (χ1v) is 2.97. The minimum absolute atomic E-state index is 0. The molecule has 0 aliphatic carbocycles. The molecule has 1 saturated heterocycles. The summed E-state index contributed by atoms with van der Waals surface area (Å²) in [6.45, 7) is 1.27. The van der Waals surface area contributed by atoms with E-state index in [4.69, 9.17) is 5.26 Å². The van der Waals surface area contributed by atoms with Crippen LogP contribution in [-0.2, 0) is 4.79 Å². The molecule has 0 aromatic rings. The Labute approximate surface area is 65.8 Å². The Morgan fingerprint density at radius 3 is 2.80 bits per heavy atom. The van der Waals surface area contributed by atoms with Crippen LogP contribution in [0, 0.1) is 17.2 Å². The molecule has 0 aromatic heterocycles. The first-order chi connectivity index (χ1) is 4.34. The minimum Gasteiger partial charge on any atom is -0.315 e. The van der Waals surface area contributed by atoms with Gasteiger partial charge >= 0.3 is 0 Å². The maximum Gasteiger partial charge on any atom is 0.152 e. The molecular formula is C6H9ClN2O. The highest BCUT2D eigenvalue weighted by molar-refractivity contribution is 5.85. The van der Waals surface area contributed by atoms with Gasteiger partial charge in [-0.1, -0.05) is 0 Å². The van der Waals surface area contributed by atoms with Crippen LogP contribution in [0.4, 0.5) is 0 Å². The number of hydrogen-bond donors (Lipinski definition) is 1. The monoisotopic (exact) mass is 160 g/mol. The number of carbonyl (C=O) groups excluding carboxylic acids is 1. The van der Waals surface area contributed by atoms with Gasteiger partial charge < -0.3 is 5.32 Å². The molecule has 10 heavy (non-hydrogen) atoms. The second kappa shape index (κ2) is 4.26. The fourth-order valence-corrected chi connectivity index (χ4v) is 0.864. The van der Waals surface area contributed by atoms with Gasteiger partial charge in [0.05, 0.1) is 6.07 Å². The van der Waals surface area contributed by atoms with Crippen molar-refractivity contribution in [2.24, 2.45) is 5.92 Å². The Morgan fingerprint density at radius 1 is 1.70 bits per heavy atom. The molecule has 0 aromatic carbocycles. The lowest BCUT2D eigenvalue weighted by Crippen LogP contribution is -2.35. The number of nitriles is 1. The molecule has 0 spiro atoms. The van der Waals surface area contributed by atoms with Crippen LogP contribution in [0.1, 0.15) is 6.42 Å². The molecule has 1 atom stereocenters. The third kappa shape index (κ3) is 1.98. The summed E-state index contributed by atoms with van der Waals surface area (Å²) in [5, 5.41) is 11.3. The number of Topliss-reactive ketones (excluding diaryl/α,β-unsaturated/α-hetero) is 1. The van der Waals surface area contributed by atoms with Crippen molar-refractivity contribution >= 4 is 18.2 Å². The second-order valence-electron chi connectivity index (χ2n) is 2.10. The van der Waals surface area contributed by atoms with Crippen LogP contribution < -0.4 is 5.32 Å². The van der Waals surface area contributed by atoms with Crippen LogP contribution in [0.5, 0.6) is 0 Å². The van der Waals surface area contributed by atoms with Gasteiger partial charge in [0.25, 0.3) is 0 Å². The van der Waals surface area contributed by atoms with Crippen molar-refractivity contribution in [3.05, 3.63) is 0 Å². The van der Waals surface area contributed by atoms with Crippen LogP contribution in [0.3, 0.4) is 0 Å². The fourth-order valence-electron chi connectivity index (χ4n) is 0.864. The molecule has 0 bridgehead atoms. The van der Waals surface area contributed by atoms with Crippen molar-refractivity contribution < 1.29 is 4.79 Å². The first-order valence-electron chi connectivity index (χ1n) is 2.97. The summed E-state index contributed by atoms with van der Waals surface area (Å²) in [7, 11) is 0. The van der Waals surface area contributed by atoms with Crippen molar-refractivity contribution in [3.8, 4) is 6.07 Å². The van der Waals surface area contributed by atoms with Crippen molar-refractivity contribution in [1.82, 2.24) is 5.32 Å². The third-order valence-corrected chi connectivity index (χ3v) is 1.44. The predicted molar refractivity (Wildman–Crippen MR) is 38.8 cm³/mol. The Bertz CT molecular complexity index is 164. The summed E-state index contributed by atoms with van der Waals surface area (Å²) in [4.78, 5) is 10.8. The fraction of sp³-hybridized carbons (Fsp3) is 0.667. The van der Waals surface area contributed by atoms with Gasteiger partial charge in [-0.25, -0.2) is 0 Å². The average molecular weight is 161 g/mol. The third-order valence-electron chi connectivity index (χ3n) is 1.44. The highest BCUT2D eigenvalue weighted by Gasteiger charge is 2.20. The normalized spacial score (nSPS) is 24.7. The number of piperidine rings is 1. The van der Waals surface area contributed by atoms with Crippen molar-refractivity contribution in [2.75, 3.05) is 13.1 Å². The minimum atomic E-state index is -0.390. The second-order valence-corrected chi connectivity index (χ2v) is 2.10. The Kier molecular flexibility index (Phi) is 4.01. The summed E-state index contributed by atoms with van der Waals surface area (Å²) >= 11 is 0. The molecule has 56 valence electrons. The molecule has 0 radical (unpaired) electrons. The molecule has 1 N–H and O–H groups in total. The topological polar surface area (TPSA) is 52.9 Å². The summed E-state index contributed by atoms with van der Waals surface area (Å²) in [6.07, 6.45) is 0.512. The van der Waals surface area contributed by atoms with Crippen LogP contribution in [-0.4, -0.2) is 18.9 Å². The van der Waals surface area contributed by atoms with E-state index in [1.165, 1.54) is 0 Å². The maximum absolute atomic E-state index is 10.8. The quantitative estimate of drug-likeness (QED) is 0.547. The first kappa shape index (κ1) is 9.41. The largest absolute Gasteiger partial charge is 0.315 e. The van der Waals surface area contributed by atoms with E-state index in [2.05, 4.69) is 5.32 Å². The molecule has 0 saturated carbocycles. The molecule has 1 fully saturated rings. The van der Waals surface area contributed by atoms with Crippen molar-refractivity contribution in [3.63, 3.8) is 0 Å². The van der Waals surface area contributed by atoms with Gasteiger partial charge in [-0.2, -0.15) is 5.26 Å². The molecule has 4 heteroatoms. The molecule has 1 unspecified atom stereocenters. The van der Waals surface area contributed by atoms with E-state index in [9.17, 15) is 4.79 Å². The lowest BCUT2D eigenvalue weighted by atomic mass is 10.0. The van der Waals surface area contributed by atoms with Crippen LogP contribution >= 0.6 is 12.4 Å². The molecule has 1 aliphatic heterocycles. The van der Waals surface area contributed by atoms with Gasteiger partial charge in [0.15, 0.2) is 5.78 Å². The van der Waals surface area contributed by atoms with Gasteiger partial charge in [0.2, 0.25) is 0 Å². The van der Waals surface area contributed by atoms with Gasteiger partial charge in [-0.3, -0.25) is 4.79 Å². The average Bonchev–Trinajstić information content (AvgIpc) is 1.89. The van der Waals surface area contributed by atoms with E-state index >= 15 is 0 Å². The zero-order chi connectivity index (χ0) is 6.69. The Morgan fingerprint density at radius 2 is 2.40 bits per heavy atom. The number of ketones is 1. The number of rotatable bonds is 0. The number of nitrogens with zero attached hydrogens (tertiary/aromatic N) is 1. The number of carbonyl (C=O) groups is 1. The predicted octanol–water partition coefficient (Wildman–Crippen LogP) is 0.110. The van der Waals surface area contributed by atoms with E-state index < -0.39 is 5.92 Å². The summed E-state index contributed by atoms with van der Waals surface area (Å²) in [6, 6.07) is 1.94. The maximum atomic E-state index is 10.8. The van der Waals surface area contributed by atoms with E-state index in [1.54, 1.807) is 0 Å². The standard InChI is InChI=1S/C6H8N2O.ClH/c7-3-5-4-8-2-1-6(5)9;/h5,8H,1-2,4H2;1H. The zero-order valence-corrected chi connectivity index (χ0v) is 6.28. The zero-order valence-electron chi connectivity index (χ0n) is 5.46. The van der Waals surface area contributed by atoms with Gasteiger partial charge in [0, 0.05) is 19.5 Å². The van der Waals surface area contributed by atoms with Gasteiger partial charge in [0.1, 0.15) is 5.92 Å². The SMILES string of the molecule is Cl.N#CC1CNCCC1=O. The number of hydrogen-bond acceptors (Lipinski definition) is 3. The van der Waals surface area contributed by atoms with Crippen LogP contribution in [0.2, 0.25) is 0 Å². The number of halogens is 1. The van der Waals surface area contributed by atoms with Crippen LogP contribution in [0.25, 0.3) is 0 Å². The highest BCUT2D eigenvalue weighted by Crippen LogP contribution is 2.02. The lowest BCUT2D eigenvalue weighted by molar-refractivity contribution is -0.122. The Hall–Kier alpha value is -0.590. The van der Waals surface area contributed by atoms with Crippen molar-refractivity contribution in [2.45, 2.75) is 6.42 Å². The molecule has 1 rings (SSSR count). The van der Waals surface area contributed by atoms with E-state index in [0.29, 0.717) is 13.0 Å². The summed E-state index contributed by atoms with van der Waals surface area (Å²) in [5.74, 6) is -0.310. The highest BCUT2D eigenvalue weighted by atomic mass is 35.5. The van der Waals surface area contributed by atoms with Crippen LogP contribution in [0.15, 0.2) is 0 Å². The summed E-state index contributed by atoms with van der Waals surface area (Å²) < 4.78 is 0. The molecule has 3 nitrogen and oxygen atoms in total. The number of nitrogens with one attached hydrogen (secondary N) is 1. The molecular weight excluding hydrogens is 152 g/mol. The molecule has 1 heterocycles. The smallest absolute Gasteiger partial charge is 0.152 e. The Balaban J connectivity index is 0.000000810. The van der Waals surface area contributed by atoms with E-state index in [1.807, 2.05) is 6.07 Å². The van der Waals surface area contributed by atoms with Gasteiger partial charge in [-0.15, -0.1) is 12.4 Å². The lowest BCUT2D eigenvalue weighted by Gasteiger charge is -2.14. The molecule has 1 aliphatic rings. The van der Waals surface area contributed by atoms with Crippen molar-refractivity contribution in [1.29, 1.82) is 5.26 Å². The summed E-state index contributed by atoms with van der Waals surface area (Å²) in [5.41, 5.74) is 0.